The summed E-state index contributed by atoms with van der Waals surface area (Å²) < 4.78 is 6.21. The highest BCUT2D eigenvalue weighted by atomic mass is 16.5. The first-order chi connectivity index (χ1) is 12.2. The molecule has 0 unspecified atom stereocenters. The second kappa shape index (κ2) is 7.83. The predicted octanol–water partition coefficient (Wildman–Crippen LogP) is 4.37. The number of amides is 1. The van der Waals surface area contributed by atoms with Crippen LogP contribution in [0.3, 0.4) is 0 Å². The van der Waals surface area contributed by atoms with Gasteiger partial charge in [0, 0.05) is 19.2 Å². The van der Waals surface area contributed by atoms with Crippen molar-refractivity contribution in [3.8, 4) is 0 Å². The molecular weight excluding hydrogens is 310 g/mol. The number of carbonyl (C=O) groups excluding carboxylic acids is 1. The molecule has 3 rings (SSSR count). The van der Waals surface area contributed by atoms with E-state index < -0.39 is 0 Å². The molecule has 1 aromatic carbocycles. The maximum Gasteiger partial charge on any atom is 0.246 e. The lowest BCUT2D eigenvalue weighted by atomic mass is 9.82. The van der Waals surface area contributed by atoms with Crippen molar-refractivity contribution in [1.82, 2.24) is 4.90 Å². The van der Waals surface area contributed by atoms with E-state index in [2.05, 4.69) is 26.0 Å². The zero-order valence-electron chi connectivity index (χ0n) is 15.2. The van der Waals surface area contributed by atoms with Gasteiger partial charge >= 0.3 is 0 Å². The maximum atomic E-state index is 12.5. The van der Waals surface area contributed by atoms with Crippen LogP contribution < -0.4 is 0 Å². The van der Waals surface area contributed by atoms with Gasteiger partial charge in [-0.2, -0.15) is 0 Å². The zero-order chi connectivity index (χ0) is 17.7. The summed E-state index contributed by atoms with van der Waals surface area (Å²) in [6.07, 6.45) is 10.8. The van der Waals surface area contributed by atoms with Crippen LogP contribution in [-0.4, -0.2) is 36.1 Å². The number of carbonyl (C=O) groups is 1. The molecule has 1 amide bonds. The number of rotatable bonds is 3. The van der Waals surface area contributed by atoms with Gasteiger partial charge in [0.1, 0.15) is 0 Å². The molecule has 0 bridgehead atoms. The number of benzene rings is 1. The van der Waals surface area contributed by atoms with Crippen molar-refractivity contribution in [2.24, 2.45) is 0 Å². The van der Waals surface area contributed by atoms with E-state index >= 15 is 0 Å². The maximum absolute atomic E-state index is 12.5. The molecule has 1 spiro atoms. The number of allylic oxidation sites excluding steroid dienone is 2. The Bertz CT molecular complexity index is 692. The molecule has 2 saturated heterocycles. The van der Waals surface area contributed by atoms with Crippen molar-refractivity contribution < 1.29 is 9.53 Å². The smallest absolute Gasteiger partial charge is 0.246 e. The van der Waals surface area contributed by atoms with Crippen LogP contribution in [-0.2, 0) is 9.53 Å². The van der Waals surface area contributed by atoms with Crippen LogP contribution in [0.2, 0.25) is 0 Å². The molecule has 0 radical (unpaired) electrons. The van der Waals surface area contributed by atoms with Gasteiger partial charge in [0.2, 0.25) is 5.91 Å². The Balaban J connectivity index is 1.63. The fourth-order valence-corrected chi connectivity index (χ4v) is 3.87. The largest absolute Gasteiger partial charge is 0.365 e. The SMILES string of the molecule is C/C=C1\C(=C/CC)COC12CCN(C(=O)/C=C/c1ccccc1)CC2. The molecule has 3 heteroatoms. The van der Waals surface area contributed by atoms with E-state index in [0.717, 1.165) is 37.9 Å². The summed E-state index contributed by atoms with van der Waals surface area (Å²) in [5.41, 5.74) is 3.53. The van der Waals surface area contributed by atoms with Gasteiger partial charge in [0.25, 0.3) is 0 Å². The number of piperidine rings is 1. The normalized spacial score (nSPS) is 23.2. The molecule has 3 nitrogen and oxygen atoms in total. The van der Waals surface area contributed by atoms with Crippen LogP contribution in [0.5, 0.6) is 0 Å². The Morgan fingerprint density at radius 1 is 1.24 bits per heavy atom. The summed E-state index contributed by atoms with van der Waals surface area (Å²) in [6, 6.07) is 9.94. The van der Waals surface area contributed by atoms with Gasteiger partial charge < -0.3 is 9.64 Å². The van der Waals surface area contributed by atoms with Gasteiger partial charge in [-0.25, -0.2) is 0 Å². The minimum atomic E-state index is -0.185. The van der Waals surface area contributed by atoms with E-state index in [4.69, 9.17) is 4.74 Å². The average molecular weight is 337 g/mol. The molecule has 0 aromatic heterocycles. The van der Waals surface area contributed by atoms with Crippen LogP contribution in [0.4, 0.5) is 0 Å². The van der Waals surface area contributed by atoms with Gasteiger partial charge in [0.05, 0.1) is 12.2 Å². The standard InChI is InChI=1S/C22H27NO2/c1-3-8-19-17-25-22(20(19)4-2)13-15-23(16-14-22)21(24)12-11-18-9-6-5-7-10-18/h4-12H,3,13-17H2,1-2H3/b12-11+,19-8-,20-4+. The number of ether oxygens (including phenoxy) is 1. The Kier molecular flexibility index (Phi) is 5.54. The summed E-state index contributed by atoms with van der Waals surface area (Å²) >= 11 is 0. The summed E-state index contributed by atoms with van der Waals surface area (Å²) in [7, 11) is 0. The summed E-state index contributed by atoms with van der Waals surface area (Å²) in [6.45, 7) is 6.44. The fraction of sp³-hybridized carbons (Fsp3) is 0.409. The molecule has 2 heterocycles. The molecule has 132 valence electrons. The fourth-order valence-electron chi connectivity index (χ4n) is 3.87. The minimum absolute atomic E-state index is 0.0862. The van der Waals surface area contributed by atoms with E-state index in [1.54, 1.807) is 6.08 Å². The van der Waals surface area contributed by atoms with Crippen LogP contribution in [0.15, 0.2) is 59.7 Å². The average Bonchev–Trinajstić information content (AvgIpc) is 2.98. The van der Waals surface area contributed by atoms with Crippen molar-refractivity contribution in [2.45, 2.75) is 38.7 Å². The monoisotopic (exact) mass is 337 g/mol. The van der Waals surface area contributed by atoms with Gasteiger partial charge in [-0.1, -0.05) is 49.4 Å². The first-order valence-corrected chi connectivity index (χ1v) is 9.21. The van der Waals surface area contributed by atoms with Gasteiger partial charge in [0.15, 0.2) is 0 Å². The summed E-state index contributed by atoms with van der Waals surface area (Å²) in [5.74, 6) is 0.0862. The number of hydrogen-bond donors (Lipinski definition) is 0. The first-order valence-electron chi connectivity index (χ1n) is 9.21. The number of nitrogens with zero attached hydrogens (tertiary/aromatic N) is 1. The third-order valence-electron chi connectivity index (χ3n) is 5.18. The Labute approximate surface area is 150 Å². The molecule has 2 fully saturated rings. The van der Waals surface area contributed by atoms with Gasteiger partial charge in [-0.15, -0.1) is 0 Å². The lowest BCUT2D eigenvalue weighted by Crippen LogP contribution is -2.46. The third-order valence-corrected chi connectivity index (χ3v) is 5.18. The Hall–Kier alpha value is -2.13. The van der Waals surface area contributed by atoms with Crippen LogP contribution in [0, 0.1) is 0 Å². The van der Waals surface area contributed by atoms with E-state index in [1.165, 1.54) is 11.1 Å². The molecule has 2 aliphatic rings. The zero-order valence-corrected chi connectivity index (χ0v) is 15.2. The van der Waals surface area contributed by atoms with Crippen LogP contribution in [0.25, 0.3) is 6.08 Å². The highest BCUT2D eigenvalue weighted by Gasteiger charge is 2.44. The second-order valence-corrected chi connectivity index (χ2v) is 6.69. The van der Waals surface area contributed by atoms with Crippen molar-refractivity contribution in [1.29, 1.82) is 0 Å². The molecule has 0 saturated carbocycles. The van der Waals surface area contributed by atoms with E-state index in [9.17, 15) is 4.79 Å². The minimum Gasteiger partial charge on any atom is -0.365 e. The highest BCUT2D eigenvalue weighted by molar-refractivity contribution is 5.91. The number of likely N-dealkylation sites (tertiary alicyclic amines) is 1. The quantitative estimate of drug-likeness (QED) is 0.766. The lowest BCUT2D eigenvalue weighted by molar-refractivity contribution is -0.129. The van der Waals surface area contributed by atoms with Crippen molar-refractivity contribution in [3.63, 3.8) is 0 Å². The van der Waals surface area contributed by atoms with Crippen molar-refractivity contribution in [3.05, 3.63) is 65.3 Å². The van der Waals surface area contributed by atoms with Gasteiger partial charge in [-0.05, 0) is 49.0 Å². The molecule has 25 heavy (non-hydrogen) atoms. The molecule has 2 aliphatic heterocycles. The third kappa shape index (κ3) is 3.77. The van der Waals surface area contributed by atoms with Crippen LogP contribution >= 0.6 is 0 Å². The van der Waals surface area contributed by atoms with E-state index in [1.807, 2.05) is 41.3 Å². The topological polar surface area (TPSA) is 29.5 Å². The van der Waals surface area contributed by atoms with Gasteiger partial charge in [-0.3, -0.25) is 4.79 Å². The lowest BCUT2D eigenvalue weighted by Gasteiger charge is -2.39. The van der Waals surface area contributed by atoms with E-state index in [0.29, 0.717) is 6.61 Å². The highest BCUT2D eigenvalue weighted by Crippen LogP contribution is 2.43. The number of hydrogen-bond acceptors (Lipinski definition) is 2. The molecule has 1 aromatic rings. The van der Waals surface area contributed by atoms with E-state index in [-0.39, 0.29) is 11.5 Å². The molecular formula is C22H27NO2. The van der Waals surface area contributed by atoms with Crippen molar-refractivity contribution >= 4 is 12.0 Å². The van der Waals surface area contributed by atoms with Crippen molar-refractivity contribution in [2.75, 3.05) is 19.7 Å². The molecule has 0 atom stereocenters. The summed E-state index contributed by atoms with van der Waals surface area (Å²) in [5, 5.41) is 0. The first kappa shape index (κ1) is 17.7. The van der Waals surface area contributed by atoms with Crippen LogP contribution in [0.1, 0.15) is 38.7 Å². The molecule has 0 N–H and O–H groups in total. The predicted molar refractivity (Wildman–Crippen MR) is 102 cm³/mol. The Morgan fingerprint density at radius 2 is 1.96 bits per heavy atom. The second-order valence-electron chi connectivity index (χ2n) is 6.69. The molecule has 0 aliphatic carbocycles. The Morgan fingerprint density at radius 3 is 2.60 bits per heavy atom. The summed E-state index contributed by atoms with van der Waals surface area (Å²) in [4.78, 5) is 14.4.